The highest BCUT2D eigenvalue weighted by atomic mass is 16.5. The third-order valence-corrected chi connectivity index (χ3v) is 2.96. The summed E-state index contributed by atoms with van der Waals surface area (Å²) >= 11 is 0. The largest absolute Gasteiger partial charge is 0.466 e. The molecular weight excluding hydrogens is 232 g/mol. The Labute approximate surface area is 108 Å². The van der Waals surface area contributed by atoms with Crippen LogP contribution in [0.2, 0.25) is 0 Å². The Hall–Kier alpha value is -1.36. The van der Waals surface area contributed by atoms with Crippen LogP contribution in [0, 0.1) is 5.92 Å². The Morgan fingerprint density at radius 2 is 2.33 bits per heavy atom. The number of carbonyl (C=O) groups is 2. The van der Waals surface area contributed by atoms with Crippen molar-refractivity contribution < 1.29 is 14.3 Å². The van der Waals surface area contributed by atoms with Crippen molar-refractivity contribution in [3.8, 4) is 0 Å². The number of esters is 1. The molecule has 1 unspecified atom stereocenters. The second-order valence-electron chi connectivity index (χ2n) is 4.35. The fraction of sp³-hybridized carbons (Fsp3) is 0.692. The van der Waals surface area contributed by atoms with Gasteiger partial charge in [-0.2, -0.15) is 0 Å². The number of amides is 1. The van der Waals surface area contributed by atoms with Crippen molar-refractivity contribution >= 4 is 11.9 Å². The predicted molar refractivity (Wildman–Crippen MR) is 69.0 cm³/mol. The summed E-state index contributed by atoms with van der Waals surface area (Å²) in [6.07, 6.45) is 3.38. The normalized spacial score (nSPS) is 19.4. The van der Waals surface area contributed by atoms with Crippen molar-refractivity contribution in [1.82, 2.24) is 10.2 Å². The number of piperidine rings is 1. The SMILES string of the molecule is C=CCNCC(=O)N1CCCC(C(=O)OCC)C1. The van der Waals surface area contributed by atoms with Crippen LogP contribution in [-0.2, 0) is 14.3 Å². The Morgan fingerprint density at radius 1 is 1.56 bits per heavy atom. The van der Waals surface area contributed by atoms with Crippen molar-refractivity contribution in [3.05, 3.63) is 12.7 Å². The van der Waals surface area contributed by atoms with Crippen LogP contribution in [0.15, 0.2) is 12.7 Å². The maximum atomic E-state index is 11.9. The molecule has 0 bridgehead atoms. The number of carbonyl (C=O) groups excluding carboxylic acids is 2. The first-order valence-corrected chi connectivity index (χ1v) is 6.45. The zero-order valence-corrected chi connectivity index (χ0v) is 11.0. The van der Waals surface area contributed by atoms with Crippen molar-refractivity contribution in [2.24, 2.45) is 5.92 Å². The van der Waals surface area contributed by atoms with E-state index in [1.54, 1.807) is 17.9 Å². The van der Waals surface area contributed by atoms with Gasteiger partial charge in [-0.3, -0.25) is 9.59 Å². The van der Waals surface area contributed by atoms with Gasteiger partial charge in [-0.15, -0.1) is 6.58 Å². The first-order chi connectivity index (χ1) is 8.69. The van der Waals surface area contributed by atoms with Gasteiger partial charge in [-0.05, 0) is 19.8 Å². The van der Waals surface area contributed by atoms with E-state index in [-0.39, 0.29) is 17.8 Å². The molecule has 0 aromatic carbocycles. The molecule has 5 heteroatoms. The summed E-state index contributed by atoms with van der Waals surface area (Å²) < 4.78 is 5.00. The van der Waals surface area contributed by atoms with Gasteiger partial charge < -0.3 is 15.0 Å². The van der Waals surface area contributed by atoms with E-state index in [0.717, 1.165) is 19.4 Å². The summed E-state index contributed by atoms with van der Waals surface area (Å²) in [4.78, 5) is 25.3. The molecule has 0 spiro atoms. The minimum atomic E-state index is -0.186. The first kappa shape index (κ1) is 14.7. The molecule has 1 aliphatic rings. The fourth-order valence-electron chi connectivity index (χ4n) is 2.05. The lowest BCUT2D eigenvalue weighted by atomic mass is 9.98. The average Bonchev–Trinajstić information content (AvgIpc) is 2.39. The zero-order chi connectivity index (χ0) is 13.4. The molecule has 0 aromatic rings. The molecule has 1 aliphatic heterocycles. The number of nitrogens with zero attached hydrogens (tertiary/aromatic N) is 1. The van der Waals surface area contributed by atoms with Gasteiger partial charge in [-0.25, -0.2) is 0 Å². The lowest BCUT2D eigenvalue weighted by Gasteiger charge is -2.31. The third-order valence-electron chi connectivity index (χ3n) is 2.96. The highest BCUT2D eigenvalue weighted by Crippen LogP contribution is 2.17. The minimum Gasteiger partial charge on any atom is -0.466 e. The highest BCUT2D eigenvalue weighted by molar-refractivity contribution is 5.80. The van der Waals surface area contributed by atoms with Crippen LogP contribution in [0.5, 0.6) is 0 Å². The standard InChI is InChI=1S/C13H22N2O3/c1-3-7-14-9-12(16)15-8-5-6-11(10-15)13(17)18-4-2/h3,11,14H,1,4-10H2,2H3. The van der Waals surface area contributed by atoms with Crippen molar-refractivity contribution in [2.75, 3.05) is 32.8 Å². The van der Waals surface area contributed by atoms with E-state index in [4.69, 9.17) is 4.74 Å². The van der Waals surface area contributed by atoms with E-state index in [0.29, 0.717) is 26.2 Å². The molecule has 1 saturated heterocycles. The van der Waals surface area contributed by atoms with Crippen LogP contribution < -0.4 is 5.32 Å². The maximum absolute atomic E-state index is 11.9. The minimum absolute atomic E-state index is 0.0332. The Balaban J connectivity index is 2.40. The second kappa shape index (κ2) is 7.87. The number of ether oxygens (including phenoxy) is 1. The van der Waals surface area contributed by atoms with Gasteiger partial charge in [-0.1, -0.05) is 6.08 Å². The molecule has 1 rings (SSSR count). The van der Waals surface area contributed by atoms with Gasteiger partial charge >= 0.3 is 5.97 Å². The summed E-state index contributed by atoms with van der Waals surface area (Å²) in [5.74, 6) is -0.318. The van der Waals surface area contributed by atoms with Gasteiger partial charge in [0.05, 0.1) is 19.1 Å². The van der Waals surface area contributed by atoms with Crippen LogP contribution in [0.3, 0.4) is 0 Å². The van der Waals surface area contributed by atoms with Crippen LogP contribution in [0.1, 0.15) is 19.8 Å². The summed E-state index contributed by atoms with van der Waals surface area (Å²) in [6.45, 7) is 7.88. The molecule has 1 amide bonds. The number of likely N-dealkylation sites (tertiary alicyclic amines) is 1. The molecule has 18 heavy (non-hydrogen) atoms. The van der Waals surface area contributed by atoms with E-state index in [1.165, 1.54) is 0 Å². The Kier molecular flexibility index (Phi) is 6.43. The molecule has 0 aliphatic carbocycles. The summed E-state index contributed by atoms with van der Waals surface area (Å²) in [5.41, 5.74) is 0. The molecule has 0 radical (unpaired) electrons. The Morgan fingerprint density at radius 3 is 3.00 bits per heavy atom. The fourth-order valence-corrected chi connectivity index (χ4v) is 2.05. The van der Waals surface area contributed by atoms with Crippen LogP contribution >= 0.6 is 0 Å². The first-order valence-electron chi connectivity index (χ1n) is 6.45. The number of hydrogen-bond acceptors (Lipinski definition) is 4. The van der Waals surface area contributed by atoms with E-state index in [9.17, 15) is 9.59 Å². The number of rotatable bonds is 6. The average molecular weight is 254 g/mol. The Bertz CT molecular complexity index is 305. The predicted octanol–water partition coefficient (Wildman–Crippen LogP) is 0.564. The molecular formula is C13H22N2O3. The zero-order valence-electron chi connectivity index (χ0n) is 11.0. The lowest BCUT2D eigenvalue weighted by Crippen LogP contribution is -2.46. The van der Waals surface area contributed by atoms with Crippen molar-refractivity contribution in [3.63, 3.8) is 0 Å². The summed E-state index contributed by atoms with van der Waals surface area (Å²) in [5, 5.41) is 2.98. The van der Waals surface area contributed by atoms with Crippen molar-refractivity contribution in [1.29, 1.82) is 0 Å². The number of nitrogens with one attached hydrogen (secondary N) is 1. The van der Waals surface area contributed by atoms with E-state index in [2.05, 4.69) is 11.9 Å². The van der Waals surface area contributed by atoms with Gasteiger partial charge in [0.1, 0.15) is 0 Å². The van der Waals surface area contributed by atoms with Crippen molar-refractivity contribution in [2.45, 2.75) is 19.8 Å². The molecule has 1 heterocycles. The number of hydrogen-bond donors (Lipinski definition) is 1. The maximum Gasteiger partial charge on any atom is 0.310 e. The topological polar surface area (TPSA) is 58.6 Å². The van der Waals surface area contributed by atoms with E-state index < -0.39 is 0 Å². The van der Waals surface area contributed by atoms with Crippen LogP contribution in [0.4, 0.5) is 0 Å². The van der Waals surface area contributed by atoms with Gasteiger partial charge in [0.2, 0.25) is 5.91 Å². The molecule has 1 N–H and O–H groups in total. The van der Waals surface area contributed by atoms with Crippen LogP contribution in [-0.4, -0.2) is 49.6 Å². The molecule has 102 valence electrons. The second-order valence-corrected chi connectivity index (χ2v) is 4.35. The van der Waals surface area contributed by atoms with Gasteiger partial charge in [0, 0.05) is 19.6 Å². The summed E-state index contributed by atoms with van der Waals surface area (Å²) in [7, 11) is 0. The van der Waals surface area contributed by atoms with E-state index >= 15 is 0 Å². The molecule has 1 fully saturated rings. The van der Waals surface area contributed by atoms with Gasteiger partial charge in [0.25, 0.3) is 0 Å². The van der Waals surface area contributed by atoms with Gasteiger partial charge in [0.15, 0.2) is 0 Å². The molecule has 0 aromatic heterocycles. The quantitative estimate of drug-likeness (QED) is 0.427. The molecule has 5 nitrogen and oxygen atoms in total. The van der Waals surface area contributed by atoms with Crippen LogP contribution in [0.25, 0.3) is 0 Å². The third kappa shape index (κ3) is 4.49. The van der Waals surface area contributed by atoms with E-state index in [1.807, 2.05) is 0 Å². The monoisotopic (exact) mass is 254 g/mol. The highest BCUT2D eigenvalue weighted by Gasteiger charge is 2.28. The summed E-state index contributed by atoms with van der Waals surface area (Å²) in [6, 6.07) is 0. The molecule has 0 saturated carbocycles. The lowest BCUT2D eigenvalue weighted by molar-refractivity contribution is -0.151. The smallest absolute Gasteiger partial charge is 0.310 e. The molecule has 1 atom stereocenters.